The highest BCUT2D eigenvalue weighted by Gasteiger charge is 2.12. The van der Waals surface area contributed by atoms with E-state index in [0.717, 1.165) is 25.5 Å². The van der Waals surface area contributed by atoms with E-state index in [4.69, 9.17) is 23.2 Å². The number of hydrogen-bond donors (Lipinski definition) is 0. The highest BCUT2D eigenvalue weighted by Crippen LogP contribution is 2.37. The Balaban J connectivity index is 2.98. The van der Waals surface area contributed by atoms with Crippen LogP contribution in [0.5, 0.6) is 0 Å². The summed E-state index contributed by atoms with van der Waals surface area (Å²) in [4.78, 5) is 4.40. The number of nitrogens with zero attached hydrogens (tertiary/aromatic N) is 1. The quantitative estimate of drug-likeness (QED) is 0.608. The van der Waals surface area contributed by atoms with E-state index >= 15 is 0 Å². The van der Waals surface area contributed by atoms with Crippen molar-refractivity contribution >= 4 is 66.0 Å². The van der Waals surface area contributed by atoms with E-state index in [1.165, 1.54) is 0 Å². The van der Waals surface area contributed by atoms with E-state index in [1.807, 2.05) is 13.0 Å². The molecule has 0 aliphatic rings. The van der Waals surface area contributed by atoms with Gasteiger partial charge in [0, 0.05) is 9.86 Å². The van der Waals surface area contributed by atoms with Crippen LogP contribution in [0.2, 0.25) is 10.0 Å². The Bertz CT molecular complexity index is 555. The Kier molecular flexibility index (Phi) is 3.27. The lowest BCUT2D eigenvalue weighted by Crippen LogP contribution is -1.89. The average molecular weight is 370 g/mol. The van der Waals surface area contributed by atoms with Crippen LogP contribution in [-0.2, 0) is 0 Å². The summed E-state index contributed by atoms with van der Waals surface area (Å²) in [5.74, 6) is 0. The summed E-state index contributed by atoms with van der Waals surface area (Å²) < 4.78 is 1.89. The Hall–Kier alpha value is 0.170. The van der Waals surface area contributed by atoms with Gasteiger partial charge in [0.2, 0.25) is 0 Å². The van der Waals surface area contributed by atoms with E-state index in [9.17, 15) is 0 Å². The molecule has 0 unspecified atom stereocenters. The lowest BCUT2D eigenvalue weighted by atomic mass is 10.2. The van der Waals surface area contributed by atoms with E-state index in [2.05, 4.69) is 36.8 Å². The number of halogens is 4. The van der Waals surface area contributed by atoms with Crippen LogP contribution in [0.1, 0.15) is 5.69 Å². The normalized spacial score (nSPS) is 11.0. The standard InChI is InChI=1S/C10H5Br2Cl2N/c1-4-7(11)8(12)5-2-3-6(13)9(14)10(5)15-4/h2-3H,1H3. The van der Waals surface area contributed by atoms with Gasteiger partial charge in [0.25, 0.3) is 0 Å². The molecule has 1 nitrogen and oxygen atoms in total. The number of fused-ring (bicyclic) bond motifs is 1. The van der Waals surface area contributed by atoms with Crippen LogP contribution in [0.3, 0.4) is 0 Å². The third-order valence-electron chi connectivity index (χ3n) is 2.10. The zero-order valence-corrected chi connectivity index (χ0v) is 12.3. The molecule has 0 saturated heterocycles. The summed E-state index contributed by atoms with van der Waals surface area (Å²) in [7, 11) is 0. The maximum atomic E-state index is 6.09. The number of rotatable bonds is 0. The van der Waals surface area contributed by atoms with Gasteiger partial charge in [-0.1, -0.05) is 29.3 Å². The molecule has 0 N–H and O–H groups in total. The lowest BCUT2D eigenvalue weighted by Gasteiger charge is -2.07. The first-order chi connectivity index (χ1) is 7.02. The van der Waals surface area contributed by atoms with Gasteiger partial charge in [0.1, 0.15) is 0 Å². The van der Waals surface area contributed by atoms with Gasteiger partial charge in [-0.05, 0) is 44.8 Å². The molecule has 0 radical (unpaired) electrons. The first-order valence-electron chi connectivity index (χ1n) is 4.11. The minimum absolute atomic E-state index is 0.491. The third-order valence-corrected chi connectivity index (χ3v) is 5.22. The molecule has 0 aliphatic carbocycles. The van der Waals surface area contributed by atoms with Crippen LogP contribution < -0.4 is 0 Å². The molecule has 78 valence electrons. The van der Waals surface area contributed by atoms with Crippen LogP contribution in [0, 0.1) is 6.92 Å². The fourth-order valence-electron chi connectivity index (χ4n) is 1.32. The first-order valence-corrected chi connectivity index (χ1v) is 6.46. The minimum atomic E-state index is 0.491. The zero-order chi connectivity index (χ0) is 11.2. The SMILES string of the molecule is Cc1nc2c(Cl)c(Cl)ccc2c(Br)c1Br. The van der Waals surface area contributed by atoms with Crippen molar-refractivity contribution < 1.29 is 0 Å². The number of aromatic nitrogens is 1. The molecule has 2 rings (SSSR count). The average Bonchev–Trinajstić information content (AvgIpc) is 2.21. The second kappa shape index (κ2) is 4.21. The Labute approximate surface area is 114 Å². The molecule has 0 saturated carbocycles. The summed E-state index contributed by atoms with van der Waals surface area (Å²) in [6.45, 7) is 1.91. The maximum absolute atomic E-state index is 6.09. The monoisotopic (exact) mass is 367 g/mol. The molecule has 0 amide bonds. The highest BCUT2D eigenvalue weighted by atomic mass is 79.9. The number of pyridine rings is 1. The Morgan fingerprint density at radius 1 is 1.13 bits per heavy atom. The maximum Gasteiger partial charge on any atom is 0.0918 e. The van der Waals surface area contributed by atoms with Crippen molar-refractivity contribution in [1.29, 1.82) is 0 Å². The predicted octanol–water partition coefficient (Wildman–Crippen LogP) is 5.38. The molecule has 1 aromatic carbocycles. The van der Waals surface area contributed by atoms with Crippen LogP contribution in [0.15, 0.2) is 21.1 Å². The molecule has 0 bridgehead atoms. The van der Waals surface area contributed by atoms with Crippen molar-refractivity contribution in [3.63, 3.8) is 0 Å². The summed E-state index contributed by atoms with van der Waals surface area (Å²) in [5, 5.41) is 1.96. The van der Waals surface area contributed by atoms with Crippen molar-refractivity contribution in [2.24, 2.45) is 0 Å². The van der Waals surface area contributed by atoms with Gasteiger partial charge < -0.3 is 0 Å². The Morgan fingerprint density at radius 3 is 2.47 bits per heavy atom. The molecular formula is C10H5Br2Cl2N. The number of aryl methyl sites for hydroxylation is 1. The smallest absolute Gasteiger partial charge is 0.0918 e. The number of benzene rings is 1. The van der Waals surface area contributed by atoms with Crippen molar-refractivity contribution in [2.75, 3.05) is 0 Å². The summed E-state index contributed by atoms with van der Waals surface area (Å²) in [5.41, 5.74) is 1.59. The molecule has 1 aromatic heterocycles. The zero-order valence-electron chi connectivity index (χ0n) is 7.61. The van der Waals surface area contributed by atoms with E-state index in [-0.39, 0.29) is 0 Å². The molecule has 15 heavy (non-hydrogen) atoms. The Morgan fingerprint density at radius 2 is 1.80 bits per heavy atom. The van der Waals surface area contributed by atoms with Crippen LogP contribution >= 0.6 is 55.1 Å². The summed E-state index contributed by atoms with van der Waals surface area (Å²) >= 11 is 19.0. The van der Waals surface area contributed by atoms with Crippen molar-refractivity contribution in [2.45, 2.75) is 6.92 Å². The van der Waals surface area contributed by atoms with Gasteiger partial charge in [-0.3, -0.25) is 4.98 Å². The molecule has 2 aromatic rings. The lowest BCUT2D eigenvalue weighted by molar-refractivity contribution is 1.22. The topological polar surface area (TPSA) is 12.9 Å². The van der Waals surface area contributed by atoms with Crippen molar-refractivity contribution in [3.8, 4) is 0 Å². The van der Waals surface area contributed by atoms with Gasteiger partial charge in [-0.15, -0.1) is 0 Å². The molecule has 5 heteroatoms. The molecular weight excluding hydrogens is 365 g/mol. The van der Waals surface area contributed by atoms with Gasteiger partial charge in [0.05, 0.1) is 25.7 Å². The van der Waals surface area contributed by atoms with E-state index in [1.54, 1.807) is 6.07 Å². The van der Waals surface area contributed by atoms with Crippen LogP contribution in [0.4, 0.5) is 0 Å². The highest BCUT2D eigenvalue weighted by molar-refractivity contribution is 9.13. The van der Waals surface area contributed by atoms with Crippen molar-refractivity contribution in [1.82, 2.24) is 4.98 Å². The van der Waals surface area contributed by atoms with Gasteiger partial charge >= 0.3 is 0 Å². The molecule has 0 atom stereocenters. The van der Waals surface area contributed by atoms with Crippen molar-refractivity contribution in [3.05, 3.63) is 36.8 Å². The first kappa shape index (κ1) is 11.6. The second-order valence-electron chi connectivity index (χ2n) is 3.08. The number of hydrogen-bond acceptors (Lipinski definition) is 1. The minimum Gasteiger partial charge on any atom is -0.250 e. The summed E-state index contributed by atoms with van der Waals surface area (Å²) in [6, 6.07) is 3.66. The van der Waals surface area contributed by atoms with Gasteiger partial charge in [0.15, 0.2) is 0 Å². The summed E-state index contributed by atoms with van der Waals surface area (Å²) in [6.07, 6.45) is 0. The van der Waals surface area contributed by atoms with Crippen LogP contribution in [0.25, 0.3) is 10.9 Å². The molecule has 0 fully saturated rings. The second-order valence-corrected chi connectivity index (χ2v) is 5.45. The van der Waals surface area contributed by atoms with E-state index in [0.29, 0.717) is 10.0 Å². The van der Waals surface area contributed by atoms with Gasteiger partial charge in [-0.2, -0.15) is 0 Å². The van der Waals surface area contributed by atoms with Crippen LogP contribution in [-0.4, -0.2) is 4.98 Å². The predicted molar refractivity (Wildman–Crippen MR) is 71.9 cm³/mol. The fourth-order valence-corrected chi connectivity index (χ4v) is 2.59. The molecule has 0 aliphatic heterocycles. The fraction of sp³-hybridized carbons (Fsp3) is 0.100. The van der Waals surface area contributed by atoms with Gasteiger partial charge in [-0.25, -0.2) is 0 Å². The van der Waals surface area contributed by atoms with E-state index < -0.39 is 0 Å². The molecule has 0 spiro atoms. The third kappa shape index (κ3) is 1.91. The molecule has 1 heterocycles. The largest absolute Gasteiger partial charge is 0.250 e.